The van der Waals surface area contributed by atoms with Crippen LogP contribution in [0.4, 0.5) is 15.4 Å². The van der Waals surface area contributed by atoms with Crippen LogP contribution in [-0.2, 0) is 30.7 Å². The molecule has 2 amide bonds. The number of aryl methyl sites for hydroxylation is 2. The number of nitrogens with zero attached hydrogens (tertiary/aromatic N) is 6. The highest BCUT2D eigenvalue weighted by molar-refractivity contribution is 5.98. The smallest absolute Gasteiger partial charge is 0.412 e. The van der Waals surface area contributed by atoms with Crippen LogP contribution in [0, 0.1) is 0 Å². The van der Waals surface area contributed by atoms with Gasteiger partial charge in [0.15, 0.2) is 11.5 Å². The van der Waals surface area contributed by atoms with E-state index >= 15 is 0 Å². The molecule has 0 atom stereocenters. The van der Waals surface area contributed by atoms with Crippen molar-refractivity contribution in [2.75, 3.05) is 38.7 Å². The first-order valence-corrected chi connectivity index (χ1v) is 17.5. The average Bonchev–Trinajstić information content (AvgIpc) is 3.32. The molecule has 0 saturated heterocycles. The molecule has 0 bridgehead atoms. The summed E-state index contributed by atoms with van der Waals surface area (Å²) in [6.07, 6.45) is 10.7. The van der Waals surface area contributed by atoms with E-state index in [0.29, 0.717) is 19.6 Å². The van der Waals surface area contributed by atoms with Crippen molar-refractivity contribution in [3.05, 3.63) is 45.4 Å². The number of unbranched alkanes of at least 4 members (excludes halogenated alkanes) is 3. The Bertz CT molecular complexity index is 1600. The lowest BCUT2D eigenvalue weighted by Gasteiger charge is -2.40. The molecule has 3 heterocycles. The summed E-state index contributed by atoms with van der Waals surface area (Å²) < 4.78 is 13.7. The summed E-state index contributed by atoms with van der Waals surface area (Å²) in [5.41, 5.74) is 4.29. The van der Waals surface area contributed by atoms with E-state index in [1.54, 1.807) is 19.5 Å². The lowest BCUT2D eigenvalue weighted by atomic mass is 9.87. The first-order chi connectivity index (χ1) is 22.9. The number of hydrogen-bond acceptors (Lipinski definition) is 8. The summed E-state index contributed by atoms with van der Waals surface area (Å²) in [5.74, 6) is -0.00114. The molecule has 1 aliphatic carbocycles. The second kappa shape index (κ2) is 16.3. The zero-order valence-corrected chi connectivity index (χ0v) is 28.6. The molecule has 3 aromatic rings. The summed E-state index contributed by atoms with van der Waals surface area (Å²) >= 11 is 0. The molecule has 1 aromatic carbocycles. The van der Waals surface area contributed by atoms with Crippen molar-refractivity contribution >= 4 is 29.1 Å². The summed E-state index contributed by atoms with van der Waals surface area (Å²) in [4.78, 5) is 52.7. The number of imidazole rings is 1. The molecule has 0 spiro atoms. The highest BCUT2D eigenvalue weighted by Gasteiger charge is 2.29. The van der Waals surface area contributed by atoms with Gasteiger partial charge in [-0.05, 0) is 81.4 Å². The number of fused-ring (bicyclic) bond motifs is 2. The zero-order chi connectivity index (χ0) is 33.3. The summed E-state index contributed by atoms with van der Waals surface area (Å²) in [6, 6.07) is 7.08. The highest BCUT2D eigenvalue weighted by Crippen LogP contribution is 2.31. The van der Waals surface area contributed by atoms with Crippen molar-refractivity contribution in [2.45, 2.75) is 111 Å². The van der Waals surface area contributed by atoms with Gasteiger partial charge in [-0.25, -0.2) is 19.0 Å². The predicted molar refractivity (Wildman–Crippen MR) is 182 cm³/mol. The lowest BCUT2D eigenvalue weighted by molar-refractivity contribution is 0.113. The Morgan fingerprint density at radius 2 is 1.87 bits per heavy atom. The van der Waals surface area contributed by atoms with Crippen LogP contribution in [0.1, 0.15) is 95.2 Å². The Morgan fingerprint density at radius 1 is 1.04 bits per heavy atom. The van der Waals surface area contributed by atoms with E-state index in [0.717, 1.165) is 62.1 Å². The number of aromatic nitrogens is 4. The number of carbonyl (C=O) groups excluding carboxylic acids is 2. The van der Waals surface area contributed by atoms with Crippen LogP contribution in [0.25, 0.3) is 11.2 Å². The molecule has 47 heavy (non-hydrogen) atoms. The third-order valence-corrected chi connectivity index (χ3v) is 9.40. The molecule has 0 radical (unpaired) electrons. The Hall–Kier alpha value is -3.93. The standard InChI is InChI=1S/C35H51N7O5/c1-5-8-22-47-33(43)37-30-29-31(41(7-3)35(45)42(29)34(44)39(4)20-6-2)38-32(36-30)46-23-11-9-10-14-25-15-12-16-26-24-40(21-19-28(25)26)27-17-13-18-27/h12,15-16,27H,5-11,13-14,17-24H2,1-4H3,(H,36,37,38,43). The van der Waals surface area contributed by atoms with Gasteiger partial charge in [0, 0.05) is 39.3 Å². The van der Waals surface area contributed by atoms with Gasteiger partial charge in [-0.2, -0.15) is 9.97 Å². The number of rotatable bonds is 15. The van der Waals surface area contributed by atoms with Crippen LogP contribution < -0.4 is 15.7 Å². The third-order valence-electron chi connectivity index (χ3n) is 9.40. The van der Waals surface area contributed by atoms with Crippen molar-refractivity contribution in [1.29, 1.82) is 0 Å². The second-order valence-corrected chi connectivity index (χ2v) is 12.7. The molecule has 5 rings (SSSR count). The fourth-order valence-corrected chi connectivity index (χ4v) is 6.55. The van der Waals surface area contributed by atoms with Crippen molar-refractivity contribution in [3.63, 3.8) is 0 Å². The fraction of sp³-hybridized carbons (Fsp3) is 0.629. The van der Waals surface area contributed by atoms with Gasteiger partial charge in [0.1, 0.15) is 5.52 Å². The maximum absolute atomic E-state index is 13.5. The average molecular weight is 650 g/mol. The Kier molecular flexibility index (Phi) is 11.9. The molecule has 1 N–H and O–H groups in total. The van der Waals surface area contributed by atoms with Crippen LogP contribution in [0.15, 0.2) is 23.0 Å². The lowest BCUT2D eigenvalue weighted by Crippen LogP contribution is -2.43. The molecular formula is C35H51N7O5. The SMILES string of the molecule is CCCCOC(=O)Nc1nc(OCCCCCc2cccc3c2CCN(C2CCC2)C3)nc2c1n(C(=O)N(C)CCC)c(=O)n2CC. The van der Waals surface area contributed by atoms with Gasteiger partial charge < -0.3 is 14.4 Å². The third kappa shape index (κ3) is 7.97. The maximum atomic E-state index is 13.5. The van der Waals surface area contributed by atoms with Crippen LogP contribution in [0.3, 0.4) is 0 Å². The molecule has 1 fully saturated rings. The molecular weight excluding hydrogens is 598 g/mol. The van der Waals surface area contributed by atoms with Crippen LogP contribution in [0.5, 0.6) is 6.01 Å². The van der Waals surface area contributed by atoms with E-state index in [-0.39, 0.29) is 36.1 Å². The fourth-order valence-electron chi connectivity index (χ4n) is 6.55. The predicted octanol–water partition coefficient (Wildman–Crippen LogP) is 5.97. The van der Waals surface area contributed by atoms with E-state index < -0.39 is 17.8 Å². The van der Waals surface area contributed by atoms with Gasteiger partial charge in [0.05, 0.1) is 13.2 Å². The number of carbonyl (C=O) groups is 2. The highest BCUT2D eigenvalue weighted by atomic mass is 16.5. The van der Waals surface area contributed by atoms with Crippen LogP contribution >= 0.6 is 0 Å². The van der Waals surface area contributed by atoms with Gasteiger partial charge in [0.25, 0.3) is 0 Å². The first kappa shape index (κ1) is 34.4. The van der Waals surface area contributed by atoms with Crippen molar-refractivity contribution in [3.8, 4) is 6.01 Å². The van der Waals surface area contributed by atoms with E-state index in [4.69, 9.17) is 9.47 Å². The van der Waals surface area contributed by atoms with Gasteiger partial charge >= 0.3 is 23.8 Å². The van der Waals surface area contributed by atoms with Crippen molar-refractivity contribution < 1.29 is 19.1 Å². The quantitative estimate of drug-likeness (QED) is 0.200. The Morgan fingerprint density at radius 3 is 2.60 bits per heavy atom. The Balaban J connectivity index is 1.26. The maximum Gasteiger partial charge on any atom is 0.412 e. The van der Waals surface area contributed by atoms with E-state index in [1.165, 1.54) is 46.4 Å². The number of benzene rings is 1. The molecule has 2 aliphatic rings. The van der Waals surface area contributed by atoms with E-state index in [2.05, 4.69) is 38.4 Å². The van der Waals surface area contributed by atoms with Crippen LogP contribution in [-0.4, -0.2) is 80.4 Å². The summed E-state index contributed by atoms with van der Waals surface area (Å²) in [7, 11) is 1.63. The summed E-state index contributed by atoms with van der Waals surface area (Å²) in [5, 5.41) is 2.65. The summed E-state index contributed by atoms with van der Waals surface area (Å²) in [6.45, 7) is 9.35. The monoisotopic (exact) mass is 649 g/mol. The molecule has 256 valence electrons. The number of hydrogen-bond donors (Lipinski definition) is 1. The minimum atomic E-state index is -0.721. The number of nitrogens with one attached hydrogen (secondary N) is 1. The van der Waals surface area contributed by atoms with E-state index in [9.17, 15) is 14.4 Å². The minimum Gasteiger partial charge on any atom is -0.463 e. The number of anilines is 1. The van der Waals surface area contributed by atoms with Gasteiger partial charge in [-0.3, -0.25) is 14.8 Å². The van der Waals surface area contributed by atoms with E-state index in [1.807, 2.05) is 13.8 Å². The molecule has 12 heteroatoms. The molecule has 2 aromatic heterocycles. The number of amides is 2. The normalized spacial score (nSPS) is 14.9. The van der Waals surface area contributed by atoms with Crippen molar-refractivity contribution in [1.82, 2.24) is 28.9 Å². The second-order valence-electron chi connectivity index (χ2n) is 12.7. The molecule has 0 unspecified atom stereocenters. The van der Waals surface area contributed by atoms with Gasteiger partial charge in [0.2, 0.25) is 0 Å². The van der Waals surface area contributed by atoms with Gasteiger partial charge in [-0.15, -0.1) is 0 Å². The molecule has 1 saturated carbocycles. The number of ether oxygens (including phenoxy) is 2. The van der Waals surface area contributed by atoms with Crippen LogP contribution in [0.2, 0.25) is 0 Å². The largest absolute Gasteiger partial charge is 0.463 e. The minimum absolute atomic E-state index is 0.00114. The topological polar surface area (TPSA) is 124 Å². The Labute approximate surface area is 277 Å². The first-order valence-electron chi connectivity index (χ1n) is 17.5. The van der Waals surface area contributed by atoms with Gasteiger partial charge in [-0.1, -0.05) is 44.9 Å². The molecule has 1 aliphatic heterocycles. The molecule has 12 nitrogen and oxygen atoms in total. The van der Waals surface area contributed by atoms with Crippen molar-refractivity contribution in [2.24, 2.45) is 0 Å². The zero-order valence-electron chi connectivity index (χ0n) is 28.6.